The number of primary amides is 1. The van der Waals surface area contributed by atoms with Gasteiger partial charge in [0.2, 0.25) is 5.91 Å². The Morgan fingerprint density at radius 2 is 2.03 bits per heavy atom. The average Bonchev–Trinajstić information content (AvgIpc) is 3.13. The molecule has 0 atom stereocenters. The lowest BCUT2D eigenvalue weighted by molar-refractivity contribution is -0.121. The van der Waals surface area contributed by atoms with Crippen LogP contribution in [0.1, 0.15) is 40.2 Å². The van der Waals surface area contributed by atoms with Crippen molar-refractivity contribution in [1.29, 1.82) is 0 Å². The van der Waals surface area contributed by atoms with E-state index in [9.17, 15) is 9.59 Å². The Kier molecular flexibility index (Phi) is 7.35. The van der Waals surface area contributed by atoms with Crippen LogP contribution >= 0.6 is 23.2 Å². The molecule has 164 valence electrons. The number of fused-ring (bicyclic) bond motifs is 1. The number of carbonyl (C=O) groups is 2. The average molecular weight is 464 g/mol. The minimum Gasteiger partial charge on any atom is -0.492 e. The van der Waals surface area contributed by atoms with Gasteiger partial charge in [-0.15, -0.1) is 0 Å². The fourth-order valence-electron chi connectivity index (χ4n) is 3.25. The van der Waals surface area contributed by atoms with Gasteiger partial charge in [-0.1, -0.05) is 23.2 Å². The van der Waals surface area contributed by atoms with Gasteiger partial charge in [0.05, 0.1) is 17.8 Å². The first-order valence-electron chi connectivity index (χ1n) is 9.76. The maximum absolute atomic E-state index is 12.2. The predicted octanol–water partition coefficient (Wildman–Crippen LogP) is 3.27. The molecule has 3 aromatic rings. The molecule has 0 aliphatic rings. The zero-order valence-corrected chi connectivity index (χ0v) is 18.8. The van der Waals surface area contributed by atoms with Crippen LogP contribution in [-0.2, 0) is 11.2 Å². The van der Waals surface area contributed by atoms with Gasteiger partial charge in [-0.2, -0.15) is 5.10 Å². The van der Waals surface area contributed by atoms with E-state index in [-0.39, 0.29) is 11.5 Å². The van der Waals surface area contributed by atoms with Crippen LogP contribution in [0.25, 0.3) is 5.65 Å². The molecule has 0 aliphatic heterocycles. The Bertz CT molecular complexity index is 1130. The fraction of sp³-hybridized carbons (Fsp3) is 0.333. The van der Waals surface area contributed by atoms with Crippen molar-refractivity contribution in [1.82, 2.24) is 19.9 Å². The van der Waals surface area contributed by atoms with Gasteiger partial charge < -0.3 is 15.8 Å². The molecule has 2 heterocycles. The Hall–Kier alpha value is -2.84. The highest BCUT2D eigenvalue weighted by Gasteiger charge is 2.17. The van der Waals surface area contributed by atoms with Crippen LogP contribution in [0, 0.1) is 13.8 Å². The molecule has 1 aromatic carbocycles. The van der Waals surface area contributed by atoms with Crippen molar-refractivity contribution >= 4 is 40.7 Å². The summed E-state index contributed by atoms with van der Waals surface area (Å²) in [6.45, 7) is 4.63. The van der Waals surface area contributed by atoms with Crippen molar-refractivity contribution in [2.75, 3.05) is 13.2 Å². The predicted molar refractivity (Wildman–Crippen MR) is 119 cm³/mol. The maximum Gasteiger partial charge on any atom is 0.254 e. The van der Waals surface area contributed by atoms with Crippen LogP contribution in [0.3, 0.4) is 0 Å². The van der Waals surface area contributed by atoms with Gasteiger partial charge in [-0.25, -0.2) is 9.50 Å². The normalized spacial score (nSPS) is 11.0. The first kappa shape index (κ1) is 22.8. The number of nitrogens with zero attached hydrogens (tertiary/aromatic N) is 3. The number of ether oxygens (including phenoxy) is 1. The van der Waals surface area contributed by atoms with Crippen molar-refractivity contribution < 1.29 is 14.3 Å². The largest absolute Gasteiger partial charge is 0.492 e. The summed E-state index contributed by atoms with van der Waals surface area (Å²) in [6.07, 6.45) is 2.87. The van der Waals surface area contributed by atoms with Crippen LogP contribution in [0.4, 0.5) is 0 Å². The Morgan fingerprint density at radius 3 is 2.74 bits per heavy atom. The fourth-order valence-corrected chi connectivity index (χ4v) is 3.71. The van der Waals surface area contributed by atoms with E-state index >= 15 is 0 Å². The summed E-state index contributed by atoms with van der Waals surface area (Å²) in [4.78, 5) is 28.2. The Labute approximate surface area is 189 Å². The second-order valence-corrected chi connectivity index (χ2v) is 7.89. The smallest absolute Gasteiger partial charge is 0.254 e. The molecule has 8 nitrogen and oxygen atoms in total. The summed E-state index contributed by atoms with van der Waals surface area (Å²) in [5.41, 5.74) is 8.57. The standard InChI is InChI=1S/C21H23Cl2N5O3/c1-12-15(13(2)28-21(27-12)16(11-26-28)20(24)30)5-7-19(29)25-8-3-9-31-18-6-4-14(22)10-17(18)23/h4,6,10-11H,3,5,7-9H2,1-2H3,(H2,24,30)(H,25,29). The summed E-state index contributed by atoms with van der Waals surface area (Å²) in [7, 11) is 0. The summed E-state index contributed by atoms with van der Waals surface area (Å²) in [6, 6.07) is 5.04. The number of halogens is 2. The molecule has 0 radical (unpaired) electrons. The van der Waals surface area contributed by atoms with Gasteiger partial charge in [0.1, 0.15) is 11.3 Å². The molecule has 0 fully saturated rings. The minimum atomic E-state index is -0.573. The third-order valence-electron chi connectivity index (χ3n) is 4.87. The highest BCUT2D eigenvalue weighted by Crippen LogP contribution is 2.27. The van der Waals surface area contributed by atoms with Gasteiger partial charge in [0, 0.05) is 29.4 Å². The van der Waals surface area contributed by atoms with Crippen LogP contribution in [0.2, 0.25) is 10.0 Å². The van der Waals surface area contributed by atoms with E-state index in [2.05, 4.69) is 15.4 Å². The van der Waals surface area contributed by atoms with E-state index in [1.165, 1.54) is 6.20 Å². The summed E-state index contributed by atoms with van der Waals surface area (Å²) in [5, 5.41) is 8.08. The summed E-state index contributed by atoms with van der Waals surface area (Å²) in [5.74, 6) is -0.0817. The van der Waals surface area contributed by atoms with Gasteiger partial charge >= 0.3 is 0 Å². The number of nitrogens with one attached hydrogen (secondary N) is 1. The van der Waals surface area contributed by atoms with Crippen molar-refractivity contribution in [3.63, 3.8) is 0 Å². The molecule has 10 heteroatoms. The molecule has 31 heavy (non-hydrogen) atoms. The van der Waals surface area contributed by atoms with E-state index in [1.807, 2.05) is 13.8 Å². The third-order valence-corrected chi connectivity index (χ3v) is 5.40. The molecular formula is C21H23Cl2N5O3. The van der Waals surface area contributed by atoms with Crippen LogP contribution in [0.15, 0.2) is 24.4 Å². The molecule has 3 rings (SSSR count). The zero-order chi connectivity index (χ0) is 22.5. The first-order chi connectivity index (χ1) is 14.8. The van der Waals surface area contributed by atoms with Crippen molar-refractivity contribution in [3.8, 4) is 5.75 Å². The molecule has 2 aromatic heterocycles. The number of aryl methyl sites for hydroxylation is 2. The van der Waals surface area contributed by atoms with Crippen molar-refractivity contribution in [3.05, 3.63) is 57.0 Å². The maximum atomic E-state index is 12.2. The van der Waals surface area contributed by atoms with Crippen molar-refractivity contribution in [2.45, 2.75) is 33.1 Å². The number of carbonyl (C=O) groups excluding carboxylic acids is 2. The Morgan fingerprint density at radius 1 is 1.26 bits per heavy atom. The molecule has 2 amide bonds. The van der Waals surface area contributed by atoms with E-state index in [1.54, 1.807) is 22.7 Å². The van der Waals surface area contributed by atoms with Gasteiger partial charge in [0.15, 0.2) is 5.65 Å². The zero-order valence-electron chi connectivity index (χ0n) is 17.2. The second kappa shape index (κ2) is 9.98. The number of hydrogen-bond acceptors (Lipinski definition) is 5. The van der Waals surface area contributed by atoms with Gasteiger partial charge in [0.25, 0.3) is 5.91 Å². The van der Waals surface area contributed by atoms with Gasteiger partial charge in [-0.3, -0.25) is 9.59 Å². The highest BCUT2D eigenvalue weighted by molar-refractivity contribution is 6.35. The summed E-state index contributed by atoms with van der Waals surface area (Å²) < 4.78 is 7.18. The monoisotopic (exact) mass is 463 g/mol. The molecule has 0 spiro atoms. The third kappa shape index (κ3) is 5.45. The molecule has 0 aliphatic carbocycles. The molecule has 3 N–H and O–H groups in total. The molecule has 0 bridgehead atoms. The summed E-state index contributed by atoms with van der Waals surface area (Å²) >= 11 is 11.9. The number of benzene rings is 1. The molecule has 0 saturated carbocycles. The number of amides is 2. The lowest BCUT2D eigenvalue weighted by Crippen LogP contribution is -2.26. The van der Waals surface area contributed by atoms with E-state index < -0.39 is 5.91 Å². The topological polar surface area (TPSA) is 112 Å². The van der Waals surface area contributed by atoms with Gasteiger partial charge in [-0.05, 0) is 50.5 Å². The quantitative estimate of drug-likeness (QED) is 0.472. The lowest BCUT2D eigenvalue weighted by Gasteiger charge is -2.12. The van der Waals surface area contributed by atoms with Crippen molar-refractivity contribution in [2.24, 2.45) is 5.73 Å². The van der Waals surface area contributed by atoms with Crippen LogP contribution in [0.5, 0.6) is 5.75 Å². The second-order valence-electron chi connectivity index (χ2n) is 7.05. The minimum absolute atomic E-state index is 0.0679. The molecule has 0 unspecified atom stereocenters. The Balaban J connectivity index is 1.48. The van der Waals surface area contributed by atoms with E-state index in [0.717, 1.165) is 17.0 Å². The van der Waals surface area contributed by atoms with E-state index in [4.69, 9.17) is 33.7 Å². The molecular weight excluding hydrogens is 441 g/mol. The number of nitrogens with two attached hydrogens (primary N) is 1. The van der Waals surface area contributed by atoms with E-state index in [0.29, 0.717) is 53.9 Å². The lowest BCUT2D eigenvalue weighted by atomic mass is 10.1. The number of rotatable bonds is 9. The van der Waals surface area contributed by atoms with Crippen LogP contribution in [-0.4, -0.2) is 39.6 Å². The SMILES string of the molecule is Cc1nc2c(C(N)=O)cnn2c(C)c1CCC(=O)NCCCOc1ccc(Cl)cc1Cl. The number of hydrogen-bond donors (Lipinski definition) is 2. The molecule has 0 saturated heterocycles. The van der Waals surface area contributed by atoms with Crippen LogP contribution < -0.4 is 15.8 Å². The number of aromatic nitrogens is 3. The highest BCUT2D eigenvalue weighted by atomic mass is 35.5. The first-order valence-corrected chi connectivity index (χ1v) is 10.5.